The fraction of sp³-hybridized carbons (Fsp3) is 0.500. The van der Waals surface area contributed by atoms with Crippen molar-refractivity contribution in [1.82, 2.24) is 4.31 Å². The summed E-state index contributed by atoms with van der Waals surface area (Å²) in [6.07, 6.45) is 6.16. The third kappa shape index (κ3) is 5.03. The minimum absolute atomic E-state index is 0.325. The summed E-state index contributed by atoms with van der Waals surface area (Å²) < 4.78 is 27.5. The molecule has 2 rings (SSSR count). The van der Waals surface area contributed by atoms with Gasteiger partial charge in [-0.2, -0.15) is 4.31 Å². The first-order chi connectivity index (χ1) is 11.8. The Hall–Kier alpha value is -1.43. The van der Waals surface area contributed by atoms with E-state index in [1.807, 2.05) is 31.2 Å². The first-order valence-electron chi connectivity index (χ1n) is 8.86. The SMILES string of the molecule is CC(C)=CCC/C(C)=C/CN(CCN)S(=O)(=O)C1c2ccc(C)cc21. The summed E-state index contributed by atoms with van der Waals surface area (Å²) in [5.74, 6) is 0. The highest BCUT2D eigenvalue weighted by atomic mass is 32.2. The molecule has 5 heteroatoms. The topological polar surface area (TPSA) is 63.4 Å². The lowest BCUT2D eigenvalue weighted by molar-refractivity contribution is 0.447. The molecular weight excluding hydrogens is 332 g/mol. The third-order valence-electron chi connectivity index (χ3n) is 4.49. The van der Waals surface area contributed by atoms with E-state index in [4.69, 9.17) is 5.73 Å². The summed E-state index contributed by atoms with van der Waals surface area (Å²) in [6, 6.07) is 5.86. The molecule has 1 aliphatic carbocycles. The third-order valence-corrected chi connectivity index (χ3v) is 6.65. The zero-order valence-electron chi connectivity index (χ0n) is 15.7. The maximum Gasteiger partial charge on any atom is 0.225 e. The molecule has 0 saturated carbocycles. The zero-order chi connectivity index (χ0) is 18.6. The zero-order valence-corrected chi connectivity index (χ0v) is 16.6. The van der Waals surface area contributed by atoms with Gasteiger partial charge in [0.05, 0.1) is 0 Å². The minimum atomic E-state index is -3.40. The lowest BCUT2D eigenvalue weighted by Gasteiger charge is -2.20. The van der Waals surface area contributed by atoms with E-state index in [2.05, 4.69) is 26.8 Å². The summed E-state index contributed by atoms with van der Waals surface area (Å²) in [5, 5.41) is -0.480. The van der Waals surface area contributed by atoms with Gasteiger partial charge in [-0.25, -0.2) is 8.42 Å². The summed E-state index contributed by atoms with van der Waals surface area (Å²) in [4.78, 5) is 0. The molecule has 0 amide bonds. The Morgan fingerprint density at radius 3 is 2.52 bits per heavy atom. The molecule has 1 atom stereocenters. The van der Waals surface area contributed by atoms with Crippen LogP contribution < -0.4 is 5.73 Å². The van der Waals surface area contributed by atoms with E-state index >= 15 is 0 Å². The molecule has 1 unspecified atom stereocenters. The average Bonchev–Trinajstić information content (AvgIpc) is 3.24. The van der Waals surface area contributed by atoms with Crippen molar-refractivity contribution in [3.63, 3.8) is 0 Å². The van der Waals surface area contributed by atoms with Crippen LogP contribution in [0.2, 0.25) is 0 Å². The second kappa shape index (κ2) is 8.30. The molecule has 0 fully saturated rings. The van der Waals surface area contributed by atoms with Crippen LogP contribution in [0.15, 0.2) is 41.5 Å². The van der Waals surface area contributed by atoms with Gasteiger partial charge in [-0.05, 0) is 51.7 Å². The van der Waals surface area contributed by atoms with Crippen molar-refractivity contribution in [2.24, 2.45) is 5.73 Å². The smallest absolute Gasteiger partial charge is 0.225 e. The molecule has 0 aliphatic heterocycles. The first-order valence-corrected chi connectivity index (χ1v) is 10.4. The highest BCUT2D eigenvalue weighted by Crippen LogP contribution is 2.48. The number of hydrogen-bond donors (Lipinski definition) is 1. The average molecular weight is 363 g/mol. The normalized spacial score (nSPS) is 16.7. The number of hydrogen-bond acceptors (Lipinski definition) is 3. The van der Waals surface area contributed by atoms with E-state index in [1.54, 1.807) is 0 Å². The molecule has 0 spiro atoms. The van der Waals surface area contributed by atoms with Crippen molar-refractivity contribution in [3.05, 3.63) is 58.2 Å². The van der Waals surface area contributed by atoms with Crippen LogP contribution in [0.3, 0.4) is 0 Å². The molecule has 0 heterocycles. The number of sulfonamides is 1. The van der Waals surface area contributed by atoms with Crippen LogP contribution in [0.4, 0.5) is 0 Å². The maximum atomic E-state index is 13.0. The molecule has 0 bridgehead atoms. The van der Waals surface area contributed by atoms with E-state index in [9.17, 15) is 8.42 Å². The van der Waals surface area contributed by atoms with Crippen molar-refractivity contribution in [3.8, 4) is 0 Å². The largest absolute Gasteiger partial charge is 0.329 e. The van der Waals surface area contributed by atoms with Crippen LogP contribution in [0.5, 0.6) is 0 Å². The second-order valence-corrected chi connectivity index (χ2v) is 9.09. The molecular formula is C20H30N2O2S. The monoisotopic (exact) mass is 362 g/mol. The molecule has 2 N–H and O–H groups in total. The van der Waals surface area contributed by atoms with Gasteiger partial charge in [-0.3, -0.25) is 0 Å². The molecule has 1 aliphatic rings. The Morgan fingerprint density at radius 1 is 1.20 bits per heavy atom. The van der Waals surface area contributed by atoms with Gasteiger partial charge in [0.25, 0.3) is 0 Å². The van der Waals surface area contributed by atoms with E-state index in [0.29, 0.717) is 19.6 Å². The molecule has 0 radical (unpaired) electrons. The minimum Gasteiger partial charge on any atom is -0.329 e. The molecule has 138 valence electrons. The number of benzene rings is 1. The number of aryl methyl sites for hydroxylation is 1. The molecule has 0 aromatic heterocycles. The van der Waals surface area contributed by atoms with Gasteiger partial charge in [-0.1, -0.05) is 47.1 Å². The highest BCUT2D eigenvalue weighted by Gasteiger charge is 2.46. The van der Waals surface area contributed by atoms with Gasteiger partial charge in [-0.15, -0.1) is 0 Å². The van der Waals surface area contributed by atoms with E-state index in [0.717, 1.165) is 29.5 Å². The number of allylic oxidation sites excluding steroid dienone is 3. The van der Waals surface area contributed by atoms with Gasteiger partial charge in [0.15, 0.2) is 0 Å². The molecule has 1 aromatic rings. The fourth-order valence-electron chi connectivity index (χ4n) is 2.98. The van der Waals surface area contributed by atoms with Crippen LogP contribution in [0, 0.1) is 6.92 Å². The van der Waals surface area contributed by atoms with Crippen LogP contribution >= 0.6 is 0 Å². The summed E-state index contributed by atoms with van der Waals surface area (Å²) >= 11 is 0. The lowest BCUT2D eigenvalue weighted by Crippen LogP contribution is -2.36. The molecule has 1 aromatic carbocycles. The quantitative estimate of drug-likeness (QED) is 0.682. The van der Waals surface area contributed by atoms with Crippen molar-refractivity contribution >= 4 is 10.0 Å². The van der Waals surface area contributed by atoms with Gasteiger partial charge < -0.3 is 5.73 Å². The highest BCUT2D eigenvalue weighted by molar-refractivity contribution is 7.90. The van der Waals surface area contributed by atoms with Gasteiger partial charge in [0.2, 0.25) is 10.0 Å². The number of nitrogens with two attached hydrogens (primary N) is 1. The Balaban J connectivity index is 2.06. The maximum absolute atomic E-state index is 13.0. The Labute approximate surface area is 152 Å². The Kier molecular flexibility index (Phi) is 6.60. The Bertz CT molecular complexity index is 775. The second-order valence-electron chi connectivity index (χ2n) is 7.07. The predicted molar refractivity (Wildman–Crippen MR) is 105 cm³/mol. The standard InChI is InChI=1S/C20H30N2O2S/c1-15(2)6-5-7-16(3)10-12-22(13-11-21)25(23,24)20-18-9-8-17(4)14-19(18)20/h6,8-10,14,20H,5,7,11-13,21H2,1-4H3/b16-10+. The van der Waals surface area contributed by atoms with Gasteiger partial charge >= 0.3 is 0 Å². The van der Waals surface area contributed by atoms with E-state index < -0.39 is 15.3 Å². The van der Waals surface area contributed by atoms with E-state index in [-0.39, 0.29) is 0 Å². The number of nitrogens with zero attached hydrogens (tertiary/aromatic N) is 1. The van der Waals surface area contributed by atoms with E-state index in [1.165, 1.54) is 15.5 Å². The van der Waals surface area contributed by atoms with Crippen molar-refractivity contribution < 1.29 is 8.42 Å². The summed E-state index contributed by atoms with van der Waals surface area (Å²) in [5.41, 5.74) is 11.1. The summed E-state index contributed by atoms with van der Waals surface area (Å²) in [6.45, 7) is 9.28. The Morgan fingerprint density at radius 2 is 1.92 bits per heavy atom. The molecule has 25 heavy (non-hydrogen) atoms. The molecule has 0 saturated heterocycles. The predicted octanol–water partition coefficient (Wildman–Crippen LogP) is 3.68. The van der Waals surface area contributed by atoms with Gasteiger partial charge in [0, 0.05) is 19.6 Å². The van der Waals surface area contributed by atoms with Crippen molar-refractivity contribution in [1.29, 1.82) is 0 Å². The van der Waals surface area contributed by atoms with Gasteiger partial charge in [0.1, 0.15) is 5.25 Å². The van der Waals surface area contributed by atoms with Crippen LogP contribution in [-0.4, -0.2) is 32.4 Å². The summed E-state index contributed by atoms with van der Waals surface area (Å²) in [7, 11) is -3.40. The van der Waals surface area contributed by atoms with Crippen LogP contribution in [0.25, 0.3) is 0 Å². The number of rotatable bonds is 9. The van der Waals surface area contributed by atoms with Crippen molar-refractivity contribution in [2.75, 3.05) is 19.6 Å². The van der Waals surface area contributed by atoms with Crippen LogP contribution in [0.1, 0.15) is 55.6 Å². The number of fused-ring (bicyclic) bond motifs is 1. The lowest BCUT2D eigenvalue weighted by atomic mass is 10.1. The van der Waals surface area contributed by atoms with Crippen molar-refractivity contribution in [2.45, 2.75) is 45.8 Å². The van der Waals surface area contributed by atoms with Crippen LogP contribution in [-0.2, 0) is 10.0 Å². The first kappa shape index (κ1) is 19.9. The molecule has 4 nitrogen and oxygen atoms in total. The fourth-order valence-corrected chi connectivity index (χ4v) is 4.91.